The van der Waals surface area contributed by atoms with Crippen LogP contribution in [0, 0.1) is 64.1 Å². The van der Waals surface area contributed by atoms with Crippen molar-refractivity contribution in [3.05, 3.63) is 18.0 Å². The summed E-state index contributed by atoms with van der Waals surface area (Å²) in [6.07, 6.45) is 16.6. The third kappa shape index (κ3) is 3.75. The maximum absolute atomic E-state index is 9.12. The van der Waals surface area contributed by atoms with E-state index in [-0.39, 0.29) is 0 Å². The predicted octanol–water partition coefficient (Wildman–Crippen LogP) is 5.92. The second kappa shape index (κ2) is 8.54. The zero-order valence-electron chi connectivity index (χ0n) is 19.8. The van der Waals surface area contributed by atoms with Gasteiger partial charge >= 0.3 is 0 Å². The summed E-state index contributed by atoms with van der Waals surface area (Å²) in [6.45, 7) is 7.01. The van der Waals surface area contributed by atoms with Crippen LogP contribution in [-0.2, 0) is 11.3 Å². The van der Waals surface area contributed by atoms with Crippen molar-refractivity contribution in [2.45, 2.75) is 78.2 Å². The van der Waals surface area contributed by atoms with Crippen LogP contribution in [-0.4, -0.2) is 23.5 Å². The Hall–Kier alpha value is -1.34. The number of nitriles is 1. The Labute approximate surface area is 188 Å². The zero-order chi connectivity index (χ0) is 21.6. The molecule has 0 bridgehead atoms. The van der Waals surface area contributed by atoms with E-state index in [0.29, 0.717) is 16.9 Å². The molecule has 1 aromatic heterocycles. The van der Waals surface area contributed by atoms with Gasteiger partial charge in [0.1, 0.15) is 6.07 Å². The summed E-state index contributed by atoms with van der Waals surface area (Å²) >= 11 is 0. The molecule has 4 aliphatic carbocycles. The molecule has 4 unspecified atom stereocenters. The highest BCUT2D eigenvalue weighted by Crippen LogP contribution is 2.65. The van der Waals surface area contributed by atoms with Crippen LogP contribution in [0.1, 0.15) is 77.2 Å². The van der Waals surface area contributed by atoms with Crippen molar-refractivity contribution < 1.29 is 4.74 Å². The minimum atomic E-state index is 0.506. The van der Waals surface area contributed by atoms with Crippen LogP contribution in [0.25, 0.3) is 0 Å². The van der Waals surface area contributed by atoms with Crippen LogP contribution >= 0.6 is 0 Å². The first-order valence-electron chi connectivity index (χ1n) is 12.9. The van der Waals surface area contributed by atoms with Crippen LogP contribution in [0.2, 0.25) is 0 Å². The highest BCUT2D eigenvalue weighted by Gasteiger charge is 2.57. The van der Waals surface area contributed by atoms with E-state index in [1.54, 1.807) is 6.20 Å². The number of methoxy groups -OCH3 is 1. The smallest absolute Gasteiger partial charge is 0.102 e. The van der Waals surface area contributed by atoms with Crippen LogP contribution < -0.4 is 0 Å². The molecule has 4 fully saturated rings. The maximum Gasteiger partial charge on any atom is 0.102 e. The van der Waals surface area contributed by atoms with E-state index in [1.165, 1.54) is 57.8 Å². The molecule has 0 saturated heterocycles. The van der Waals surface area contributed by atoms with Crippen LogP contribution in [0.15, 0.2) is 12.4 Å². The average molecular weight is 424 g/mol. The lowest BCUT2D eigenvalue weighted by Gasteiger charge is -2.57. The van der Waals surface area contributed by atoms with Gasteiger partial charge in [-0.3, -0.25) is 4.68 Å². The van der Waals surface area contributed by atoms with Crippen molar-refractivity contribution >= 4 is 0 Å². The number of rotatable bonds is 5. The summed E-state index contributed by atoms with van der Waals surface area (Å²) in [7, 11) is 1.87. The van der Waals surface area contributed by atoms with Crippen molar-refractivity contribution in [1.82, 2.24) is 9.78 Å². The number of fused-ring (bicyclic) bond motifs is 5. The molecule has 4 heteroatoms. The lowest BCUT2D eigenvalue weighted by atomic mass is 9.49. The highest BCUT2D eigenvalue weighted by atomic mass is 16.5. The van der Waals surface area contributed by atoms with E-state index >= 15 is 0 Å². The molecule has 4 nitrogen and oxygen atoms in total. The molecule has 31 heavy (non-hydrogen) atoms. The summed E-state index contributed by atoms with van der Waals surface area (Å²) < 4.78 is 7.51. The molecule has 1 aromatic rings. The second-order valence-electron chi connectivity index (χ2n) is 11.8. The van der Waals surface area contributed by atoms with Gasteiger partial charge in [0, 0.05) is 26.5 Å². The number of hydrogen-bond donors (Lipinski definition) is 0. The molecule has 0 N–H and O–H groups in total. The molecule has 0 radical (unpaired) electrons. The Kier molecular flexibility index (Phi) is 5.93. The molecule has 4 saturated carbocycles. The standard InChI is InChI=1S/C27H41N3O/c1-18(15-30-16-20(13-28)14-29-30)25-8-9-26-24-7-5-21-12-19(17-31-3)4-6-22(21)23(24)10-11-27(25,26)2/h14,16,18-19,21-26H,4-12,15,17H2,1-3H3/t18-,19-,21?,22-,23?,24+,25?,26?,27+/m0/s1. The Morgan fingerprint density at radius 3 is 2.77 bits per heavy atom. The van der Waals surface area contributed by atoms with Gasteiger partial charge in [0.15, 0.2) is 0 Å². The van der Waals surface area contributed by atoms with Crippen molar-refractivity contribution in [3.63, 3.8) is 0 Å². The van der Waals surface area contributed by atoms with Crippen molar-refractivity contribution in [1.29, 1.82) is 5.26 Å². The van der Waals surface area contributed by atoms with Gasteiger partial charge in [-0.1, -0.05) is 13.8 Å². The predicted molar refractivity (Wildman–Crippen MR) is 122 cm³/mol. The molecule has 170 valence electrons. The van der Waals surface area contributed by atoms with Gasteiger partial charge in [0.05, 0.1) is 11.8 Å². The minimum absolute atomic E-state index is 0.506. The van der Waals surface area contributed by atoms with E-state index in [0.717, 1.165) is 54.6 Å². The first-order valence-corrected chi connectivity index (χ1v) is 12.9. The van der Waals surface area contributed by atoms with Gasteiger partial charge < -0.3 is 4.74 Å². The number of nitrogens with zero attached hydrogens (tertiary/aromatic N) is 3. The molecule has 4 aliphatic rings. The van der Waals surface area contributed by atoms with Crippen LogP contribution in [0.4, 0.5) is 0 Å². The molecule has 9 atom stereocenters. The SMILES string of the molecule is COC[C@H]1CC[C@H]2C(CC[C@@H]3C2CC[C@@]2(C)C3CCC2[C@@H](C)Cn2cc(C#N)cn2)C1. The summed E-state index contributed by atoms with van der Waals surface area (Å²) in [6, 6.07) is 2.22. The van der Waals surface area contributed by atoms with E-state index in [4.69, 9.17) is 10.00 Å². The lowest BCUT2D eigenvalue weighted by Crippen LogP contribution is -2.49. The monoisotopic (exact) mass is 423 g/mol. The van der Waals surface area contributed by atoms with Crippen molar-refractivity contribution in [2.24, 2.45) is 52.8 Å². The molecule has 0 spiro atoms. The summed E-state index contributed by atoms with van der Waals surface area (Å²) in [5.41, 5.74) is 1.19. The minimum Gasteiger partial charge on any atom is -0.384 e. The average Bonchev–Trinajstić information content (AvgIpc) is 3.37. The Balaban J connectivity index is 1.27. The first kappa shape index (κ1) is 21.5. The van der Waals surface area contributed by atoms with E-state index in [9.17, 15) is 0 Å². The van der Waals surface area contributed by atoms with Crippen LogP contribution in [0.5, 0.6) is 0 Å². The zero-order valence-corrected chi connectivity index (χ0v) is 19.8. The largest absolute Gasteiger partial charge is 0.384 e. The molecule has 1 heterocycles. The molecular formula is C27H41N3O. The lowest BCUT2D eigenvalue weighted by molar-refractivity contribution is -0.0777. The Morgan fingerprint density at radius 1 is 1.16 bits per heavy atom. The van der Waals surface area contributed by atoms with E-state index in [1.807, 2.05) is 18.0 Å². The van der Waals surface area contributed by atoms with E-state index < -0.39 is 0 Å². The Morgan fingerprint density at radius 2 is 2.00 bits per heavy atom. The van der Waals surface area contributed by atoms with Crippen molar-refractivity contribution in [2.75, 3.05) is 13.7 Å². The molecular weight excluding hydrogens is 382 g/mol. The van der Waals surface area contributed by atoms with Crippen molar-refractivity contribution in [3.8, 4) is 6.07 Å². The fourth-order valence-corrected chi connectivity index (χ4v) is 9.26. The van der Waals surface area contributed by atoms with Gasteiger partial charge in [0.2, 0.25) is 0 Å². The van der Waals surface area contributed by atoms with Gasteiger partial charge in [-0.05, 0) is 111 Å². The fourth-order valence-electron chi connectivity index (χ4n) is 9.26. The highest BCUT2D eigenvalue weighted by molar-refractivity contribution is 5.21. The number of hydrogen-bond acceptors (Lipinski definition) is 3. The van der Waals surface area contributed by atoms with E-state index in [2.05, 4.69) is 25.0 Å². The van der Waals surface area contributed by atoms with Gasteiger partial charge in [-0.2, -0.15) is 10.4 Å². The maximum atomic E-state index is 9.12. The topological polar surface area (TPSA) is 50.8 Å². The summed E-state index contributed by atoms with van der Waals surface area (Å²) in [4.78, 5) is 0. The normalized spacial score (nSPS) is 42.8. The molecule has 5 rings (SSSR count). The third-order valence-electron chi connectivity index (χ3n) is 10.5. The summed E-state index contributed by atoms with van der Waals surface area (Å²) in [5, 5.41) is 13.6. The first-order chi connectivity index (χ1) is 15.0. The number of aromatic nitrogens is 2. The molecule has 0 aromatic carbocycles. The quantitative estimate of drug-likeness (QED) is 0.590. The molecule has 0 amide bonds. The van der Waals surface area contributed by atoms with Gasteiger partial charge in [0.25, 0.3) is 0 Å². The summed E-state index contributed by atoms with van der Waals surface area (Å²) in [5.74, 6) is 7.12. The van der Waals surface area contributed by atoms with Crippen LogP contribution in [0.3, 0.4) is 0 Å². The number of ether oxygens (including phenoxy) is 1. The fraction of sp³-hybridized carbons (Fsp3) is 0.852. The Bertz CT molecular complexity index is 812. The molecule has 0 aliphatic heterocycles. The van der Waals surface area contributed by atoms with Gasteiger partial charge in [-0.15, -0.1) is 0 Å². The second-order valence-corrected chi connectivity index (χ2v) is 11.8. The van der Waals surface area contributed by atoms with Gasteiger partial charge in [-0.25, -0.2) is 0 Å². The third-order valence-corrected chi connectivity index (χ3v) is 10.5.